The Morgan fingerprint density at radius 2 is 1.83 bits per heavy atom. The van der Waals surface area contributed by atoms with Crippen LogP contribution < -0.4 is 16.1 Å². The maximum atomic E-state index is 10.9. The van der Waals surface area contributed by atoms with Gasteiger partial charge in [-0.15, -0.1) is 0 Å². The number of hydrogen-bond donors (Lipinski definition) is 3. The molecule has 5 nitrogen and oxygen atoms in total. The third-order valence-corrected chi connectivity index (χ3v) is 3.14. The van der Waals surface area contributed by atoms with Gasteiger partial charge in [-0.25, -0.2) is 0 Å². The zero-order valence-electron chi connectivity index (χ0n) is 12.7. The van der Waals surface area contributed by atoms with Gasteiger partial charge in [0.2, 0.25) is 5.91 Å². The van der Waals surface area contributed by atoms with Crippen molar-refractivity contribution in [1.29, 1.82) is 0 Å². The maximum Gasteiger partial charge on any atom is 0.221 e. The van der Waals surface area contributed by atoms with Gasteiger partial charge in [0, 0.05) is 19.2 Å². The molecular formula is C17H18N4OS. The molecule has 0 bridgehead atoms. The van der Waals surface area contributed by atoms with Gasteiger partial charge in [0.05, 0.1) is 6.21 Å². The van der Waals surface area contributed by atoms with Crippen molar-refractivity contribution < 1.29 is 4.79 Å². The summed E-state index contributed by atoms with van der Waals surface area (Å²) in [6.07, 6.45) is 1.66. The Morgan fingerprint density at radius 3 is 2.48 bits per heavy atom. The number of hydrogen-bond acceptors (Lipinski definition) is 3. The molecular weight excluding hydrogens is 308 g/mol. The fourth-order valence-corrected chi connectivity index (χ4v) is 1.96. The molecule has 0 fully saturated rings. The molecule has 118 valence electrons. The highest BCUT2D eigenvalue weighted by molar-refractivity contribution is 7.80. The molecule has 0 unspecified atom stereocenters. The van der Waals surface area contributed by atoms with Crippen LogP contribution in [0.5, 0.6) is 0 Å². The van der Waals surface area contributed by atoms with E-state index in [4.69, 9.17) is 12.2 Å². The Bertz CT molecular complexity index is 683. The van der Waals surface area contributed by atoms with Crippen LogP contribution in [-0.2, 0) is 11.3 Å². The first-order valence-electron chi connectivity index (χ1n) is 7.12. The van der Waals surface area contributed by atoms with Crippen LogP contribution in [0.3, 0.4) is 0 Å². The molecule has 0 spiro atoms. The van der Waals surface area contributed by atoms with E-state index in [9.17, 15) is 4.79 Å². The van der Waals surface area contributed by atoms with E-state index in [2.05, 4.69) is 21.2 Å². The zero-order chi connectivity index (χ0) is 16.5. The lowest BCUT2D eigenvalue weighted by molar-refractivity contribution is -0.114. The minimum Gasteiger partial charge on any atom is -0.357 e. The molecule has 0 radical (unpaired) electrons. The Morgan fingerprint density at radius 1 is 1.13 bits per heavy atom. The number of nitrogens with one attached hydrogen (secondary N) is 3. The van der Waals surface area contributed by atoms with E-state index in [1.54, 1.807) is 6.21 Å². The van der Waals surface area contributed by atoms with Gasteiger partial charge >= 0.3 is 0 Å². The summed E-state index contributed by atoms with van der Waals surface area (Å²) in [4.78, 5) is 10.9. The van der Waals surface area contributed by atoms with Gasteiger partial charge in [-0.2, -0.15) is 5.10 Å². The number of anilines is 1. The van der Waals surface area contributed by atoms with Gasteiger partial charge in [-0.05, 0) is 35.5 Å². The lowest BCUT2D eigenvalue weighted by Gasteiger charge is -2.06. The molecule has 0 aliphatic carbocycles. The van der Waals surface area contributed by atoms with Gasteiger partial charge in [-0.1, -0.05) is 42.5 Å². The minimum absolute atomic E-state index is 0.0945. The summed E-state index contributed by atoms with van der Waals surface area (Å²) in [5.41, 5.74) is 5.57. The van der Waals surface area contributed by atoms with Gasteiger partial charge < -0.3 is 10.6 Å². The molecule has 0 aliphatic heterocycles. The molecule has 0 atom stereocenters. The number of hydrazone groups is 1. The van der Waals surface area contributed by atoms with Gasteiger partial charge in [0.1, 0.15) is 0 Å². The molecule has 2 aromatic rings. The lowest BCUT2D eigenvalue weighted by atomic mass is 10.2. The van der Waals surface area contributed by atoms with E-state index in [1.165, 1.54) is 6.92 Å². The quantitative estimate of drug-likeness (QED) is 0.449. The smallest absolute Gasteiger partial charge is 0.221 e. The monoisotopic (exact) mass is 326 g/mol. The average Bonchev–Trinajstić information content (AvgIpc) is 2.55. The van der Waals surface area contributed by atoms with Crippen LogP contribution in [0.25, 0.3) is 0 Å². The Hall–Kier alpha value is -2.73. The predicted molar refractivity (Wildman–Crippen MR) is 97.4 cm³/mol. The summed E-state index contributed by atoms with van der Waals surface area (Å²) in [5, 5.41) is 10.3. The van der Waals surface area contributed by atoms with Crippen LogP contribution in [-0.4, -0.2) is 17.2 Å². The van der Waals surface area contributed by atoms with Crippen LogP contribution in [0.4, 0.5) is 5.69 Å². The molecule has 1 amide bonds. The number of carbonyl (C=O) groups is 1. The summed E-state index contributed by atoms with van der Waals surface area (Å²) in [5.74, 6) is -0.0945. The maximum absolute atomic E-state index is 10.9. The van der Waals surface area contributed by atoms with E-state index in [-0.39, 0.29) is 5.91 Å². The third kappa shape index (κ3) is 6.27. The van der Waals surface area contributed by atoms with Crippen LogP contribution in [0.1, 0.15) is 18.1 Å². The van der Waals surface area contributed by atoms with Gasteiger partial charge in [0.15, 0.2) is 5.11 Å². The topological polar surface area (TPSA) is 65.5 Å². The van der Waals surface area contributed by atoms with E-state index in [0.29, 0.717) is 11.7 Å². The fourth-order valence-electron chi connectivity index (χ4n) is 1.84. The van der Waals surface area contributed by atoms with E-state index in [1.807, 2.05) is 54.6 Å². The molecule has 0 aliphatic rings. The van der Waals surface area contributed by atoms with Crippen molar-refractivity contribution in [3.8, 4) is 0 Å². The normalized spacial score (nSPS) is 10.3. The average molecular weight is 326 g/mol. The first-order chi connectivity index (χ1) is 11.1. The van der Waals surface area contributed by atoms with Crippen molar-refractivity contribution in [2.45, 2.75) is 13.5 Å². The molecule has 0 saturated carbocycles. The Balaban J connectivity index is 1.77. The van der Waals surface area contributed by atoms with Crippen LogP contribution in [0.15, 0.2) is 59.7 Å². The molecule has 2 rings (SSSR count). The second kappa shape index (κ2) is 8.65. The van der Waals surface area contributed by atoms with Crippen molar-refractivity contribution in [2.24, 2.45) is 5.10 Å². The SMILES string of the molecule is CC(=O)Nc1ccc(/C=N\NC(=S)NCc2ccccc2)cc1. The molecule has 23 heavy (non-hydrogen) atoms. The molecule has 0 heterocycles. The summed E-state index contributed by atoms with van der Waals surface area (Å²) in [7, 11) is 0. The molecule has 6 heteroatoms. The lowest BCUT2D eigenvalue weighted by Crippen LogP contribution is -2.31. The highest BCUT2D eigenvalue weighted by Crippen LogP contribution is 2.07. The van der Waals surface area contributed by atoms with E-state index >= 15 is 0 Å². The molecule has 0 aromatic heterocycles. The Labute approximate surface area is 140 Å². The van der Waals surface area contributed by atoms with Crippen molar-refractivity contribution in [2.75, 3.05) is 5.32 Å². The first kappa shape index (κ1) is 16.6. The summed E-state index contributed by atoms with van der Waals surface area (Å²) in [6.45, 7) is 2.12. The highest BCUT2D eigenvalue weighted by atomic mass is 32.1. The standard InChI is InChI=1S/C17H18N4OS/c1-13(22)20-16-9-7-15(8-10-16)12-19-21-17(23)18-11-14-5-3-2-4-6-14/h2-10,12H,11H2,1H3,(H,20,22)(H2,18,21,23)/b19-12-. The largest absolute Gasteiger partial charge is 0.357 e. The van der Waals surface area contributed by atoms with Crippen molar-refractivity contribution in [3.63, 3.8) is 0 Å². The summed E-state index contributed by atoms with van der Waals surface area (Å²) < 4.78 is 0. The number of nitrogens with zero attached hydrogens (tertiary/aromatic N) is 1. The number of carbonyl (C=O) groups excluding carboxylic acids is 1. The second-order valence-corrected chi connectivity index (χ2v) is 5.25. The van der Waals surface area contributed by atoms with Gasteiger partial charge in [-0.3, -0.25) is 10.2 Å². The van der Waals surface area contributed by atoms with Crippen LogP contribution in [0.2, 0.25) is 0 Å². The van der Waals surface area contributed by atoms with Crippen LogP contribution >= 0.6 is 12.2 Å². The van der Waals surface area contributed by atoms with E-state index < -0.39 is 0 Å². The minimum atomic E-state index is -0.0945. The first-order valence-corrected chi connectivity index (χ1v) is 7.53. The molecule has 0 saturated heterocycles. The number of thiocarbonyl (C=S) groups is 1. The summed E-state index contributed by atoms with van der Waals surface area (Å²) in [6, 6.07) is 17.3. The summed E-state index contributed by atoms with van der Waals surface area (Å²) >= 11 is 5.15. The highest BCUT2D eigenvalue weighted by Gasteiger charge is 1.96. The van der Waals surface area contributed by atoms with Crippen LogP contribution in [0, 0.1) is 0 Å². The Kier molecular flexibility index (Phi) is 6.26. The molecule has 2 aromatic carbocycles. The van der Waals surface area contributed by atoms with Crippen molar-refractivity contribution >= 4 is 35.1 Å². The third-order valence-electron chi connectivity index (χ3n) is 2.91. The molecule has 3 N–H and O–H groups in total. The second-order valence-electron chi connectivity index (χ2n) is 4.84. The van der Waals surface area contributed by atoms with E-state index in [0.717, 1.165) is 16.8 Å². The number of benzene rings is 2. The number of rotatable bonds is 5. The van der Waals surface area contributed by atoms with Crippen molar-refractivity contribution in [1.82, 2.24) is 10.7 Å². The zero-order valence-corrected chi connectivity index (χ0v) is 13.6. The number of amides is 1. The fraction of sp³-hybridized carbons (Fsp3) is 0.118. The van der Waals surface area contributed by atoms with Crippen molar-refractivity contribution in [3.05, 3.63) is 65.7 Å². The van der Waals surface area contributed by atoms with Gasteiger partial charge in [0.25, 0.3) is 0 Å². The predicted octanol–water partition coefficient (Wildman–Crippen LogP) is 2.64.